The van der Waals surface area contributed by atoms with Crippen LogP contribution in [0.4, 0.5) is 5.82 Å². The average molecular weight is 422 g/mol. The van der Waals surface area contributed by atoms with Gasteiger partial charge in [0.25, 0.3) is 0 Å². The van der Waals surface area contributed by atoms with Gasteiger partial charge in [0, 0.05) is 28.5 Å². The lowest BCUT2D eigenvalue weighted by Crippen LogP contribution is -2.25. The minimum atomic E-state index is 0.811. The molecule has 5 nitrogen and oxygen atoms in total. The Hall–Kier alpha value is -2.47. The third-order valence-electron chi connectivity index (χ3n) is 5.24. The molecule has 136 valence electrons. The van der Waals surface area contributed by atoms with E-state index in [0.29, 0.717) is 0 Å². The van der Waals surface area contributed by atoms with Crippen LogP contribution < -0.4 is 4.90 Å². The minimum absolute atomic E-state index is 0.811. The largest absolute Gasteiger partial charge is 0.356 e. The summed E-state index contributed by atoms with van der Waals surface area (Å²) in [6, 6.07) is 16.5. The van der Waals surface area contributed by atoms with Gasteiger partial charge in [0.15, 0.2) is 5.65 Å². The Morgan fingerprint density at radius 1 is 0.889 bits per heavy atom. The van der Waals surface area contributed by atoms with Crippen LogP contribution in [-0.2, 0) is 0 Å². The summed E-state index contributed by atoms with van der Waals surface area (Å²) in [5, 5.41) is 10.0. The summed E-state index contributed by atoms with van der Waals surface area (Å²) in [6.45, 7) is 2.11. The van der Waals surface area contributed by atoms with Gasteiger partial charge in [0.1, 0.15) is 11.5 Å². The fourth-order valence-electron chi connectivity index (χ4n) is 3.89. The molecule has 0 radical (unpaired) electrons. The lowest BCUT2D eigenvalue weighted by molar-refractivity contribution is 0.726. The van der Waals surface area contributed by atoms with Gasteiger partial charge in [0.05, 0.1) is 5.52 Å². The van der Waals surface area contributed by atoms with Gasteiger partial charge >= 0.3 is 0 Å². The van der Waals surface area contributed by atoms with E-state index in [4.69, 9.17) is 4.98 Å². The van der Waals surface area contributed by atoms with Crippen molar-refractivity contribution in [2.24, 2.45) is 0 Å². The van der Waals surface area contributed by atoms with E-state index in [-0.39, 0.29) is 0 Å². The molecule has 0 bridgehead atoms. The first-order valence-electron chi connectivity index (χ1n) is 9.46. The molecule has 1 aliphatic rings. The Morgan fingerprint density at radius 2 is 1.70 bits per heavy atom. The molecule has 0 spiro atoms. The molecule has 27 heavy (non-hydrogen) atoms. The third-order valence-corrected chi connectivity index (χ3v) is 5.73. The van der Waals surface area contributed by atoms with E-state index in [0.717, 1.165) is 51.2 Å². The number of rotatable bonds is 2. The van der Waals surface area contributed by atoms with E-state index in [2.05, 4.69) is 67.5 Å². The Bertz CT molecular complexity index is 1110. The Labute approximate surface area is 166 Å². The lowest BCUT2D eigenvalue weighted by Gasteiger charge is -2.23. The lowest BCUT2D eigenvalue weighted by atomic mass is 10.1. The molecule has 0 amide bonds. The van der Waals surface area contributed by atoms with Gasteiger partial charge in [-0.05, 0) is 37.1 Å². The maximum Gasteiger partial charge on any atom is 0.186 e. The molecule has 0 aliphatic carbocycles. The first-order valence-corrected chi connectivity index (χ1v) is 10.3. The van der Waals surface area contributed by atoms with Crippen LogP contribution in [0.1, 0.15) is 25.7 Å². The maximum absolute atomic E-state index is 5.08. The molecule has 0 N–H and O–H groups in total. The third kappa shape index (κ3) is 2.98. The summed E-state index contributed by atoms with van der Waals surface area (Å²) in [4.78, 5) is 7.52. The normalized spacial score (nSPS) is 15.4. The molecule has 3 heterocycles. The number of aromatic nitrogens is 4. The van der Waals surface area contributed by atoms with Crippen LogP contribution in [0.3, 0.4) is 0 Å². The highest BCUT2D eigenvalue weighted by molar-refractivity contribution is 9.10. The minimum Gasteiger partial charge on any atom is -0.356 e. The zero-order valence-electron chi connectivity index (χ0n) is 15.0. The Balaban J connectivity index is 1.76. The molecule has 0 atom stereocenters. The quantitative estimate of drug-likeness (QED) is 0.452. The summed E-state index contributed by atoms with van der Waals surface area (Å²) in [5.41, 5.74) is 3.70. The van der Waals surface area contributed by atoms with Crippen molar-refractivity contribution in [3.05, 3.63) is 53.0 Å². The van der Waals surface area contributed by atoms with Crippen LogP contribution >= 0.6 is 15.9 Å². The van der Waals surface area contributed by atoms with Crippen LogP contribution in [0.2, 0.25) is 0 Å². The average Bonchev–Trinajstić information content (AvgIpc) is 2.94. The molecule has 2 aromatic carbocycles. The SMILES string of the molecule is Brc1cccc(-c2nnn3c2nc(N2CCCCCC2)c2ccccc23)c1. The number of halogens is 1. The van der Waals surface area contributed by atoms with Crippen molar-refractivity contribution >= 4 is 38.3 Å². The molecule has 6 heteroatoms. The van der Waals surface area contributed by atoms with Gasteiger partial charge in [-0.15, -0.1) is 5.10 Å². The van der Waals surface area contributed by atoms with E-state index in [1.54, 1.807) is 0 Å². The van der Waals surface area contributed by atoms with Crippen molar-refractivity contribution in [3.63, 3.8) is 0 Å². The summed E-state index contributed by atoms with van der Waals surface area (Å²) in [5.74, 6) is 1.05. The molecule has 4 aromatic rings. The second-order valence-electron chi connectivity index (χ2n) is 7.04. The van der Waals surface area contributed by atoms with Gasteiger partial charge in [-0.2, -0.15) is 4.52 Å². The summed E-state index contributed by atoms with van der Waals surface area (Å²) in [7, 11) is 0. The second-order valence-corrected chi connectivity index (χ2v) is 7.95. The first kappa shape index (κ1) is 16.7. The van der Waals surface area contributed by atoms with Crippen molar-refractivity contribution in [1.82, 2.24) is 19.8 Å². The summed E-state index contributed by atoms with van der Waals surface area (Å²) < 4.78 is 2.89. The molecular weight excluding hydrogens is 402 g/mol. The number of nitrogens with zero attached hydrogens (tertiary/aromatic N) is 5. The van der Waals surface area contributed by atoms with E-state index < -0.39 is 0 Å². The van der Waals surface area contributed by atoms with Crippen LogP contribution in [0.25, 0.3) is 27.8 Å². The Kier molecular flexibility index (Phi) is 4.28. The zero-order valence-corrected chi connectivity index (χ0v) is 16.6. The number of hydrogen-bond acceptors (Lipinski definition) is 4. The summed E-state index contributed by atoms with van der Waals surface area (Å²) in [6.07, 6.45) is 5.04. The van der Waals surface area contributed by atoms with Gasteiger partial charge in [-0.25, -0.2) is 4.98 Å². The highest BCUT2D eigenvalue weighted by Gasteiger charge is 2.20. The van der Waals surface area contributed by atoms with Crippen molar-refractivity contribution in [1.29, 1.82) is 0 Å². The monoisotopic (exact) mass is 421 g/mol. The number of hydrogen-bond donors (Lipinski definition) is 0. The van der Waals surface area contributed by atoms with Crippen molar-refractivity contribution in [2.75, 3.05) is 18.0 Å². The summed E-state index contributed by atoms with van der Waals surface area (Å²) >= 11 is 3.55. The maximum atomic E-state index is 5.08. The van der Waals surface area contributed by atoms with Gasteiger partial charge in [-0.1, -0.05) is 58.3 Å². The molecule has 0 unspecified atom stereocenters. The van der Waals surface area contributed by atoms with Crippen molar-refractivity contribution < 1.29 is 0 Å². The van der Waals surface area contributed by atoms with Gasteiger partial charge in [-0.3, -0.25) is 0 Å². The van der Waals surface area contributed by atoms with E-state index >= 15 is 0 Å². The molecule has 1 aliphatic heterocycles. The predicted octanol–water partition coefficient (Wildman–Crippen LogP) is 5.09. The number of benzene rings is 2. The van der Waals surface area contributed by atoms with Crippen LogP contribution in [0.5, 0.6) is 0 Å². The molecule has 5 rings (SSSR count). The van der Waals surface area contributed by atoms with E-state index in [1.807, 2.05) is 16.6 Å². The molecular formula is C21H20BrN5. The first-order chi connectivity index (χ1) is 13.3. The van der Waals surface area contributed by atoms with E-state index in [1.165, 1.54) is 25.7 Å². The highest BCUT2D eigenvalue weighted by atomic mass is 79.9. The molecule has 0 saturated carbocycles. The van der Waals surface area contributed by atoms with Gasteiger partial charge < -0.3 is 4.90 Å². The predicted molar refractivity (Wildman–Crippen MR) is 112 cm³/mol. The zero-order chi connectivity index (χ0) is 18.2. The van der Waals surface area contributed by atoms with E-state index in [9.17, 15) is 0 Å². The number of anilines is 1. The molecule has 1 saturated heterocycles. The fourth-order valence-corrected chi connectivity index (χ4v) is 4.29. The number of para-hydroxylation sites is 1. The van der Waals surface area contributed by atoms with Crippen LogP contribution in [0, 0.1) is 0 Å². The fraction of sp³-hybridized carbons (Fsp3) is 0.286. The topological polar surface area (TPSA) is 46.3 Å². The smallest absolute Gasteiger partial charge is 0.186 e. The van der Waals surface area contributed by atoms with Crippen LogP contribution in [-0.4, -0.2) is 32.9 Å². The second kappa shape index (κ2) is 6.93. The Morgan fingerprint density at radius 3 is 2.52 bits per heavy atom. The van der Waals surface area contributed by atoms with Crippen molar-refractivity contribution in [2.45, 2.75) is 25.7 Å². The van der Waals surface area contributed by atoms with Gasteiger partial charge in [0.2, 0.25) is 0 Å². The molecule has 1 fully saturated rings. The standard InChI is InChI=1S/C21H20BrN5/c22-16-9-7-8-15(14-16)19-21-23-20(26-12-5-1-2-6-13-26)17-10-3-4-11-18(17)27(21)25-24-19/h3-4,7-11,14H,1-2,5-6,12-13H2. The van der Waals surface area contributed by atoms with Crippen LogP contribution in [0.15, 0.2) is 53.0 Å². The van der Waals surface area contributed by atoms with Crippen molar-refractivity contribution in [3.8, 4) is 11.3 Å². The molecule has 2 aromatic heterocycles. The highest BCUT2D eigenvalue weighted by Crippen LogP contribution is 2.31. The number of fused-ring (bicyclic) bond motifs is 3.